The molecule has 0 bridgehead atoms. The summed E-state index contributed by atoms with van der Waals surface area (Å²) >= 11 is 0. The van der Waals surface area contributed by atoms with E-state index in [4.69, 9.17) is 0 Å². The van der Waals surface area contributed by atoms with Crippen molar-refractivity contribution in [2.24, 2.45) is 0 Å². The monoisotopic (exact) mass is 777 g/mol. The van der Waals surface area contributed by atoms with Gasteiger partial charge in [0.05, 0.1) is 8.07 Å². The van der Waals surface area contributed by atoms with Gasteiger partial charge in [0.25, 0.3) is 0 Å². The van der Waals surface area contributed by atoms with E-state index < -0.39 is 72.7 Å². The van der Waals surface area contributed by atoms with Crippen LogP contribution in [0.25, 0.3) is 0 Å². The van der Waals surface area contributed by atoms with Crippen molar-refractivity contribution in [3.63, 3.8) is 0 Å². The van der Waals surface area contributed by atoms with Crippen molar-refractivity contribution in [3.8, 4) is 0 Å². The first-order valence-electron chi connectivity index (χ1n) is 19.7. The lowest BCUT2D eigenvalue weighted by Crippen LogP contribution is -2.41. The maximum Gasteiger partial charge on any atom is 0.0535 e. The summed E-state index contributed by atoms with van der Waals surface area (Å²) in [6.45, 7) is 53.6. The maximum absolute atomic E-state index is 2.76. The van der Waals surface area contributed by atoms with Gasteiger partial charge >= 0.3 is 0 Å². The highest BCUT2D eigenvalue weighted by Gasteiger charge is 2.38. The molecular weight excluding hydrogens is 685 g/mol. The highest BCUT2D eigenvalue weighted by molar-refractivity contribution is 6.96. The van der Waals surface area contributed by atoms with Gasteiger partial charge in [-0.05, 0) is 0 Å². The van der Waals surface area contributed by atoms with Gasteiger partial charge in [-0.3, -0.25) is 0 Å². The lowest BCUT2D eigenvalue weighted by atomic mass is 10.5. The summed E-state index contributed by atoms with van der Waals surface area (Å²) in [4.78, 5) is 0. The Hall–Kier alpha value is 1.95. The Morgan fingerprint density at radius 1 is 0.222 bits per heavy atom. The summed E-state index contributed by atoms with van der Waals surface area (Å²) in [7, 11) is -9.54. The molecule has 0 atom stereocenters. The topological polar surface area (TPSA) is 0 Å². The molecule has 0 saturated carbocycles. The van der Waals surface area contributed by atoms with Crippen LogP contribution in [-0.2, 0) is 0 Å². The second kappa shape index (κ2) is 17.9. The fourth-order valence-corrected chi connectivity index (χ4v) is 70.5. The van der Waals surface area contributed by atoms with Gasteiger partial charge in [0.2, 0.25) is 0 Å². The summed E-state index contributed by atoms with van der Waals surface area (Å²) in [5.74, 6) is 0. The van der Waals surface area contributed by atoms with Crippen LogP contribution in [0, 0.1) is 0 Å². The van der Waals surface area contributed by atoms with Crippen molar-refractivity contribution in [2.75, 3.05) is 0 Å². The largest absolute Gasteiger partial charge is 0.0698 e. The standard InChI is InChI=1S/C36H92Si9/c1-37(2,3)33-41(13,14)25-21-29-45(30-22-26-42(15,16)34-38(4,5)6,31-23-27-43(17,18)35-39(7,8)9)32-24-28-44(19,20)36-40(10,11)12/h21-36H2,1-20H3. The first-order valence-corrected chi connectivity index (χ1v) is 51.0. The van der Waals surface area contributed by atoms with E-state index in [-0.39, 0.29) is 0 Å². The van der Waals surface area contributed by atoms with E-state index in [0.717, 1.165) is 0 Å². The molecule has 0 aliphatic heterocycles. The minimum Gasteiger partial charge on any atom is -0.0698 e. The molecule has 0 rings (SSSR count). The SMILES string of the molecule is C[Si](C)(C)C[Si](C)(C)CCC[Si](CCC[Si](C)(C)C[Si](C)(C)C)(CCC[Si](C)(C)C[Si](C)(C)C)CCC[Si](C)(C)C[Si](C)(C)C. The summed E-state index contributed by atoms with van der Waals surface area (Å²) in [6, 6.07) is 13.2. The van der Waals surface area contributed by atoms with Crippen LogP contribution in [0.1, 0.15) is 25.7 Å². The molecule has 0 aliphatic rings. The molecule has 272 valence electrons. The van der Waals surface area contributed by atoms with Crippen LogP contribution in [0.4, 0.5) is 0 Å². The molecule has 0 amide bonds. The zero-order chi connectivity index (χ0) is 35.8. The molecule has 45 heavy (non-hydrogen) atoms. The normalized spacial score (nSPS) is 15.2. The first kappa shape index (κ1) is 47.0. The highest BCUT2D eigenvalue weighted by Crippen LogP contribution is 2.40. The molecule has 0 aromatic carbocycles. The third-order valence-corrected chi connectivity index (χ3v) is 55.0. The van der Waals surface area contributed by atoms with Crippen LogP contribution in [-0.4, -0.2) is 72.7 Å². The van der Waals surface area contributed by atoms with Gasteiger partial charge in [-0.1, -0.05) is 228 Å². The molecule has 0 heterocycles. The van der Waals surface area contributed by atoms with Crippen molar-refractivity contribution in [1.82, 2.24) is 0 Å². The Morgan fingerprint density at radius 3 is 0.511 bits per heavy atom. The minimum atomic E-state index is -1.29. The molecule has 0 aromatic heterocycles. The number of hydrogen-bond acceptors (Lipinski definition) is 0. The lowest BCUT2D eigenvalue weighted by molar-refractivity contribution is 0.861. The van der Waals surface area contributed by atoms with Crippen LogP contribution in [0.2, 0.25) is 202 Å². The van der Waals surface area contributed by atoms with Gasteiger partial charge in [-0.15, -0.1) is 0 Å². The van der Waals surface area contributed by atoms with Gasteiger partial charge in [0, 0.05) is 64.6 Å². The van der Waals surface area contributed by atoms with E-state index in [0.29, 0.717) is 0 Å². The molecule has 0 aromatic rings. The quantitative estimate of drug-likeness (QED) is 0.0857. The summed E-state index contributed by atoms with van der Waals surface area (Å²) in [5, 5.41) is 0. The minimum absolute atomic E-state index is 0.977. The average Bonchev–Trinajstić information content (AvgIpc) is 2.65. The second-order valence-corrected chi connectivity index (χ2v) is 75.0. The maximum atomic E-state index is 2.76. The fourth-order valence-electron chi connectivity index (χ4n) is 10.6. The van der Waals surface area contributed by atoms with Gasteiger partial charge < -0.3 is 0 Å². The molecule has 0 fully saturated rings. The van der Waals surface area contributed by atoms with E-state index >= 15 is 0 Å². The summed E-state index contributed by atoms with van der Waals surface area (Å²) < 4.78 is 0. The van der Waals surface area contributed by atoms with Crippen molar-refractivity contribution < 1.29 is 0 Å². The van der Waals surface area contributed by atoms with E-state index in [1.165, 1.54) is 0 Å². The predicted octanol–water partition coefficient (Wildman–Crippen LogP) is 15.3. The third-order valence-electron chi connectivity index (χ3n) is 10.3. The van der Waals surface area contributed by atoms with E-state index in [1.54, 1.807) is 96.7 Å². The van der Waals surface area contributed by atoms with Crippen molar-refractivity contribution in [2.45, 2.75) is 228 Å². The van der Waals surface area contributed by atoms with E-state index in [2.05, 4.69) is 131 Å². The molecule has 0 radical (unpaired) electrons. The smallest absolute Gasteiger partial charge is 0.0535 e. The molecule has 0 aliphatic carbocycles. The van der Waals surface area contributed by atoms with Gasteiger partial charge in [0.1, 0.15) is 0 Å². The van der Waals surface area contributed by atoms with E-state index in [9.17, 15) is 0 Å². The molecule has 0 nitrogen and oxygen atoms in total. The molecule has 0 unspecified atom stereocenters. The Bertz CT molecular complexity index is 693. The average molecular weight is 778 g/mol. The lowest BCUT2D eigenvalue weighted by Gasteiger charge is -2.38. The summed E-state index contributed by atoms with van der Waals surface area (Å²) in [5.41, 5.74) is 6.55. The second-order valence-electron chi connectivity index (χ2n) is 24.5. The van der Waals surface area contributed by atoms with Crippen LogP contribution in [0.5, 0.6) is 0 Å². The Kier molecular flexibility index (Phi) is 18.7. The Labute approximate surface area is 298 Å². The van der Waals surface area contributed by atoms with Gasteiger partial charge in [-0.2, -0.15) is 0 Å². The number of rotatable bonds is 24. The van der Waals surface area contributed by atoms with Crippen molar-refractivity contribution in [3.05, 3.63) is 0 Å². The van der Waals surface area contributed by atoms with Gasteiger partial charge in [-0.25, -0.2) is 0 Å². The van der Waals surface area contributed by atoms with Gasteiger partial charge in [0.15, 0.2) is 0 Å². The van der Waals surface area contributed by atoms with Crippen LogP contribution in [0.3, 0.4) is 0 Å². The predicted molar refractivity (Wildman–Crippen MR) is 245 cm³/mol. The molecule has 0 N–H and O–H groups in total. The molecule has 9 heteroatoms. The van der Waals surface area contributed by atoms with E-state index in [1.807, 2.05) is 0 Å². The van der Waals surface area contributed by atoms with Crippen molar-refractivity contribution >= 4 is 72.7 Å². The van der Waals surface area contributed by atoms with Crippen LogP contribution in [0.15, 0.2) is 0 Å². The fraction of sp³-hybridized carbons (Fsp3) is 1.00. The number of hydrogen-bond donors (Lipinski definition) is 0. The highest BCUT2D eigenvalue weighted by atomic mass is 28.4. The third kappa shape index (κ3) is 26.4. The summed E-state index contributed by atoms with van der Waals surface area (Å²) in [6.07, 6.45) is 6.38. The van der Waals surface area contributed by atoms with Crippen LogP contribution >= 0.6 is 0 Å². The Morgan fingerprint density at radius 2 is 0.378 bits per heavy atom. The molecular formula is C36H92Si9. The Balaban J connectivity index is 6.15. The molecule has 0 spiro atoms. The van der Waals surface area contributed by atoms with Crippen LogP contribution < -0.4 is 0 Å². The zero-order valence-corrected chi connectivity index (χ0v) is 44.8. The van der Waals surface area contributed by atoms with Crippen molar-refractivity contribution in [1.29, 1.82) is 0 Å². The first-order chi connectivity index (χ1) is 19.7. The molecule has 0 saturated heterocycles. The zero-order valence-electron chi connectivity index (χ0n) is 35.8.